The van der Waals surface area contributed by atoms with Gasteiger partial charge in [0.15, 0.2) is 6.10 Å². The summed E-state index contributed by atoms with van der Waals surface area (Å²) in [6.07, 6.45) is -0.369. The lowest BCUT2D eigenvalue weighted by Gasteiger charge is -2.10. The molecule has 0 bridgehead atoms. The summed E-state index contributed by atoms with van der Waals surface area (Å²) in [7, 11) is 0. The molecule has 0 N–H and O–H groups in total. The van der Waals surface area contributed by atoms with Crippen LogP contribution in [0.15, 0.2) is 57.5 Å². The molecule has 0 aliphatic heterocycles. The Morgan fingerprint density at radius 3 is 2.77 bits per heavy atom. The summed E-state index contributed by atoms with van der Waals surface area (Å²) in [4.78, 5) is 4.38. The van der Waals surface area contributed by atoms with Crippen LogP contribution in [0.4, 0.5) is 0 Å². The van der Waals surface area contributed by atoms with Crippen molar-refractivity contribution in [1.82, 2.24) is 10.1 Å². The average molecular weight is 380 g/mol. The summed E-state index contributed by atoms with van der Waals surface area (Å²) in [5.41, 5.74) is 0.874. The van der Waals surface area contributed by atoms with Crippen LogP contribution >= 0.6 is 27.5 Å². The number of hydrogen-bond donors (Lipinski definition) is 0. The van der Waals surface area contributed by atoms with Gasteiger partial charge < -0.3 is 9.26 Å². The first-order valence-corrected chi connectivity index (χ1v) is 7.81. The lowest BCUT2D eigenvalue weighted by molar-refractivity contribution is 0.176. The van der Waals surface area contributed by atoms with Crippen molar-refractivity contribution in [2.24, 2.45) is 0 Å². The van der Waals surface area contributed by atoms with E-state index in [0.29, 0.717) is 22.5 Å². The Balaban J connectivity index is 1.78. The summed E-state index contributed by atoms with van der Waals surface area (Å²) in [5.74, 6) is 1.59. The number of aromatic nitrogens is 2. The van der Waals surface area contributed by atoms with E-state index in [0.717, 1.165) is 10.0 Å². The van der Waals surface area contributed by atoms with Gasteiger partial charge in [-0.15, -0.1) is 0 Å². The van der Waals surface area contributed by atoms with E-state index in [2.05, 4.69) is 26.1 Å². The SMILES string of the molecule is C[C@H](Oc1cccc(Cl)c1)c1nc(-c2cccc(Br)c2)no1. The molecule has 22 heavy (non-hydrogen) atoms. The number of ether oxygens (including phenoxy) is 1. The van der Waals surface area contributed by atoms with E-state index in [1.165, 1.54) is 0 Å². The number of rotatable bonds is 4. The highest BCUT2D eigenvalue weighted by atomic mass is 79.9. The molecule has 0 aliphatic rings. The lowest BCUT2D eigenvalue weighted by atomic mass is 10.2. The minimum Gasteiger partial charge on any atom is -0.481 e. The van der Waals surface area contributed by atoms with Gasteiger partial charge in [0, 0.05) is 15.1 Å². The first-order chi connectivity index (χ1) is 10.6. The zero-order chi connectivity index (χ0) is 15.5. The number of hydrogen-bond acceptors (Lipinski definition) is 4. The van der Waals surface area contributed by atoms with Gasteiger partial charge >= 0.3 is 0 Å². The van der Waals surface area contributed by atoms with Crippen LogP contribution in [0.25, 0.3) is 11.4 Å². The highest BCUT2D eigenvalue weighted by Gasteiger charge is 2.17. The van der Waals surface area contributed by atoms with E-state index in [1.807, 2.05) is 43.3 Å². The molecule has 112 valence electrons. The molecular weight excluding hydrogens is 368 g/mol. The predicted octanol–water partition coefficient (Wildman–Crippen LogP) is 5.29. The Morgan fingerprint density at radius 2 is 2.00 bits per heavy atom. The van der Waals surface area contributed by atoms with Crippen LogP contribution in [0.3, 0.4) is 0 Å². The standard InChI is InChI=1S/C16H12BrClN2O2/c1-10(21-14-7-3-6-13(18)9-14)16-19-15(20-22-16)11-4-2-5-12(17)8-11/h2-10H,1H3/t10-/m0/s1. The van der Waals surface area contributed by atoms with Crippen molar-refractivity contribution < 1.29 is 9.26 Å². The van der Waals surface area contributed by atoms with Gasteiger partial charge in [0.1, 0.15) is 5.75 Å². The molecule has 0 unspecified atom stereocenters. The molecule has 0 amide bonds. The predicted molar refractivity (Wildman–Crippen MR) is 87.9 cm³/mol. The van der Waals surface area contributed by atoms with E-state index in [-0.39, 0.29) is 6.10 Å². The topological polar surface area (TPSA) is 48.2 Å². The van der Waals surface area contributed by atoms with Crippen LogP contribution in [-0.2, 0) is 0 Å². The summed E-state index contributed by atoms with van der Waals surface area (Å²) < 4.78 is 12.0. The van der Waals surface area contributed by atoms with Crippen LogP contribution in [0, 0.1) is 0 Å². The smallest absolute Gasteiger partial charge is 0.267 e. The molecule has 6 heteroatoms. The fourth-order valence-corrected chi connectivity index (χ4v) is 2.52. The maximum Gasteiger partial charge on any atom is 0.267 e. The monoisotopic (exact) mass is 378 g/mol. The quantitative estimate of drug-likeness (QED) is 0.618. The zero-order valence-corrected chi connectivity index (χ0v) is 14.0. The van der Waals surface area contributed by atoms with Crippen molar-refractivity contribution >= 4 is 27.5 Å². The van der Waals surface area contributed by atoms with Crippen LogP contribution in [-0.4, -0.2) is 10.1 Å². The molecule has 1 atom stereocenters. The minimum absolute atomic E-state index is 0.369. The third-order valence-corrected chi connectivity index (χ3v) is 3.71. The van der Waals surface area contributed by atoms with Gasteiger partial charge in [-0.3, -0.25) is 0 Å². The number of benzene rings is 2. The Morgan fingerprint density at radius 1 is 1.18 bits per heavy atom. The van der Waals surface area contributed by atoms with Crippen LogP contribution in [0.1, 0.15) is 18.9 Å². The summed E-state index contributed by atoms with van der Waals surface area (Å²) in [6, 6.07) is 14.9. The minimum atomic E-state index is -0.369. The van der Waals surface area contributed by atoms with Gasteiger partial charge in [0.05, 0.1) is 0 Å². The number of halogens is 2. The van der Waals surface area contributed by atoms with Crippen molar-refractivity contribution in [3.8, 4) is 17.1 Å². The molecule has 0 saturated heterocycles. The maximum absolute atomic E-state index is 5.94. The molecule has 1 heterocycles. The first kappa shape index (κ1) is 15.1. The molecular formula is C16H12BrClN2O2. The summed E-state index contributed by atoms with van der Waals surface area (Å²) in [5, 5.41) is 4.61. The van der Waals surface area contributed by atoms with Gasteiger partial charge in [0.25, 0.3) is 5.89 Å². The molecule has 3 rings (SSSR count). The van der Waals surface area contributed by atoms with Crippen LogP contribution in [0.5, 0.6) is 5.75 Å². The molecule has 0 spiro atoms. The molecule has 3 aromatic rings. The van der Waals surface area contributed by atoms with Crippen molar-refractivity contribution in [3.05, 3.63) is 63.9 Å². The second kappa shape index (κ2) is 6.50. The third kappa shape index (κ3) is 3.48. The van der Waals surface area contributed by atoms with Gasteiger partial charge in [0.2, 0.25) is 5.82 Å². The fraction of sp³-hybridized carbons (Fsp3) is 0.125. The molecule has 1 aromatic heterocycles. The van der Waals surface area contributed by atoms with Crippen molar-refractivity contribution in [2.75, 3.05) is 0 Å². The second-order valence-corrected chi connectivity index (χ2v) is 6.04. The zero-order valence-electron chi connectivity index (χ0n) is 11.7. The molecule has 2 aromatic carbocycles. The number of nitrogens with zero attached hydrogens (tertiary/aromatic N) is 2. The van der Waals surface area contributed by atoms with E-state index in [1.54, 1.807) is 12.1 Å². The highest BCUT2D eigenvalue weighted by Crippen LogP contribution is 2.26. The summed E-state index contributed by atoms with van der Waals surface area (Å²) >= 11 is 9.36. The second-order valence-electron chi connectivity index (χ2n) is 4.68. The van der Waals surface area contributed by atoms with Crippen molar-refractivity contribution in [1.29, 1.82) is 0 Å². The van der Waals surface area contributed by atoms with Gasteiger partial charge in [-0.1, -0.05) is 50.9 Å². The van der Waals surface area contributed by atoms with E-state index < -0.39 is 0 Å². The van der Waals surface area contributed by atoms with Gasteiger partial charge in [-0.25, -0.2) is 0 Å². The summed E-state index contributed by atoms with van der Waals surface area (Å²) in [6.45, 7) is 1.85. The fourth-order valence-electron chi connectivity index (χ4n) is 1.94. The highest BCUT2D eigenvalue weighted by molar-refractivity contribution is 9.10. The van der Waals surface area contributed by atoms with E-state index in [9.17, 15) is 0 Å². The van der Waals surface area contributed by atoms with Crippen LogP contribution < -0.4 is 4.74 Å². The third-order valence-electron chi connectivity index (χ3n) is 2.98. The normalized spacial score (nSPS) is 12.1. The first-order valence-electron chi connectivity index (χ1n) is 6.63. The molecule has 0 saturated carbocycles. The Hall–Kier alpha value is -1.85. The Labute approximate surface area is 141 Å². The van der Waals surface area contributed by atoms with E-state index >= 15 is 0 Å². The Kier molecular flexibility index (Phi) is 4.45. The van der Waals surface area contributed by atoms with Gasteiger partial charge in [-0.05, 0) is 37.3 Å². The lowest BCUT2D eigenvalue weighted by Crippen LogP contribution is -2.03. The maximum atomic E-state index is 5.94. The van der Waals surface area contributed by atoms with Crippen LogP contribution in [0.2, 0.25) is 5.02 Å². The largest absolute Gasteiger partial charge is 0.481 e. The molecule has 4 nitrogen and oxygen atoms in total. The van der Waals surface area contributed by atoms with Crippen molar-refractivity contribution in [2.45, 2.75) is 13.0 Å². The molecule has 0 aliphatic carbocycles. The molecule has 0 fully saturated rings. The van der Waals surface area contributed by atoms with Gasteiger partial charge in [-0.2, -0.15) is 4.98 Å². The molecule has 0 radical (unpaired) electrons. The van der Waals surface area contributed by atoms with Crippen molar-refractivity contribution in [3.63, 3.8) is 0 Å². The average Bonchev–Trinajstić information content (AvgIpc) is 2.97. The Bertz CT molecular complexity index is 791. The van der Waals surface area contributed by atoms with E-state index in [4.69, 9.17) is 20.9 Å².